The molecule has 0 aliphatic heterocycles. The minimum atomic E-state index is 0.762. The van der Waals surface area contributed by atoms with Crippen molar-refractivity contribution in [1.29, 1.82) is 0 Å². The number of aryl methyl sites for hydroxylation is 1. The van der Waals surface area contributed by atoms with Gasteiger partial charge in [0.1, 0.15) is 12.0 Å². The molecule has 0 unspecified atom stereocenters. The van der Waals surface area contributed by atoms with Gasteiger partial charge in [-0.05, 0) is 6.42 Å². The van der Waals surface area contributed by atoms with Gasteiger partial charge < -0.3 is 4.57 Å². The molecule has 0 spiro atoms. The second kappa shape index (κ2) is 3.95. The van der Waals surface area contributed by atoms with Crippen molar-refractivity contribution in [2.75, 3.05) is 0 Å². The monoisotopic (exact) mass is 189 g/mol. The Bertz CT molecular complexity index is 395. The van der Waals surface area contributed by atoms with E-state index in [0.717, 1.165) is 24.5 Å². The van der Waals surface area contributed by atoms with Crippen molar-refractivity contribution in [3.8, 4) is 11.5 Å². The van der Waals surface area contributed by atoms with Crippen LogP contribution in [0.15, 0.2) is 24.9 Å². The van der Waals surface area contributed by atoms with Crippen LogP contribution in [0, 0.1) is 0 Å². The maximum atomic E-state index is 4.18. The van der Waals surface area contributed by atoms with E-state index in [1.165, 1.54) is 0 Å². The van der Waals surface area contributed by atoms with Crippen molar-refractivity contribution in [3.05, 3.63) is 24.9 Å². The number of rotatable bonds is 3. The van der Waals surface area contributed by atoms with E-state index in [4.69, 9.17) is 0 Å². The average Bonchev–Trinajstić information content (AvgIpc) is 2.68. The van der Waals surface area contributed by atoms with Gasteiger partial charge in [-0.25, -0.2) is 4.98 Å². The van der Waals surface area contributed by atoms with Crippen LogP contribution >= 0.6 is 0 Å². The normalized spacial score (nSPS) is 10.4. The van der Waals surface area contributed by atoms with E-state index in [9.17, 15) is 0 Å². The summed E-state index contributed by atoms with van der Waals surface area (Å²) in [5.74, 6) is 0.778. The molecule has 0 aromatic carbocycles. The van der Waals surface area contributed by atoms with Crippen LogP contribution in [-0.2, 0) is 6.54 Å². The SMILES string of the molecule is CCCn1cnnc1-c1cnccn1. The molecular formula is C9H11N5. The fourth-order valence-electron chi connectivity index (χ4n) is 1.27. The Labute approximate surface area is 81.8 Å². The predicted molar refractivity (Wildman–Crippen MR) is 51.3 cm³/mol. The summed E-state index contributed by atoms with van der Waals surface area (Å²) in [7, 11) is 0. The van der Waals surface area contributed by atoms with Gasteiger partial charge in [0.25, 0.3) is 0 Å². The summed E-state index contributed by atoms with van der Waals surface area (Å²) in [4.78, 5) is 8.18. The van der Waals surface area contributed by atoms with Crippen LogP contribution in [0.2, 0.25) is 0 Å². The quantitative estimate of drug-likeness (QED) is 0.726. The van der Waals surface area contributed by atoms with Crippen LogP contribution in [-0.4, -0.2) is 24.7 Å². The van der Waals surface area contributed by atoms with Gasteiger partial charge >= 0.3 is 0 Å². The van der Waals surface area contributed by atoms with Gasteiger partial charge in [-0.3, -0.25) is 4.98 Å². The predicted octanol–water partition coefficient (Wildman–Crippen LogP) is 1.15. The van der Waals surface area contributed by atoms with Crippen LogP contribution in [0.25, 0.3) is 11.5 Å². The van der Waals surface area contributed by atoms with Gasteiger partial charge in [0, 0.05) is 18.9 Å². The highest BCUT2D eigenvalue weighted by molar-refractivity contribution is 5.46. The van der Waals surface area contributed by atoms with Crippen molar-refractivity contribution in [1.82, 2.24) is 24.7 Å². The van der Waals surface area contributed by atoms with Crippen molar-refractivity contribution < 1.29 is 0 Å². The fraction of sp³-hybridized carbons (Fsp3) is 0.333. The highest BCUT2D eigenvalue weighted by Crippen LogP contribution is 2.11. The molecule has 0 saturated heterocycles. The number of aromatic nitrogens is 5. The third-order valence-electron chi connectivity index (χ3n) is 1.87. The molecule has 72 valence electrons. The Hall–Kier alpha value is -1.78. The molecule has 2 aromatic rings. The van der Waals surface area contributed by atoms with Crippen molar-refractivity contribution >= 4 is 0 Å². The largest absolute Gasteiger partial charge is 0.312 e. The zero-order chi connectivity index (χ0) is 9.80. The first-order chi connectivity index (χ1) is 6.92. The lowest BCUT2D eigenvalue weighted by molar-refractivity contribution is 0.681. The fourth-order valence-corrected chi connectivity index (χ4v) is 1.27. The average molecular weight is 189 g/mol. The molecule has 0 N–H and O–H groups in total. The summed E-state index contributed by atoms with van der Waals surface area (Å²) >= 11 is 0. The highest BCUT2D eigenvalue weighted by Gasteiger charge is 2.06. The number of hydrogen-bond acceptors (Lipinski definition) is 4. The third kappa shape index (κ3) is 1.61. The first kappa shape index (κ1) is 8.80. The zero-order valence-corrected chi connectivity index (χ0v) is 7.96. The summed E-state index contributed by atoms with van der Waals surface area (Å²) in [6, 6.07) is 0. The first-order valence-corrected chi connectivity index (χ1v) is 4.56. The van der Waals surface area contributed by atoms with Gasteiger partial charge in [0.05, 0.1) is 6.20 Å². The Morgan fingerprint density at radius 2 is 2.29 bits per heavy atom. The molecule has 0 saturated carbocycles. The lowest BCUT2D eigenvalue weighted by Gasteiger charge is -2.02. The van der Waals surface area contributed by atoms with E-state index in [-0.39, 0.29) is 0 Å². The van der Waals surface area contributed by atoms with Crippen molar-refractivity contribution in [2.45, 2.75) is 19.9 Å². The van der Waals surface area contributed by atoms with Gasteiger partial charge in [-0.1, -0.05) is 6.92 Å². The third-order valence-corrected chi connectivity index (χ3v) is 1.87. The Balaban J connectivity index is 2.37. The molecular weight excluding hydrogens is 178 g/mol. The van der Waals surface area contributed by atoms with Crippen molar-refractivity contribution in [3.63, 3.8) is 0 Å². The molecule has 5 nitrogen and oxygen atoms in total. The minimum absolute atomic E-state index is 0.762. The van der Waals surface area contributed by atoms with E-state index in [1.54, 1.807) is 24.9 Å². The molecule has 0 aliphatic rings. The molecule has 2 aromatic heterocycles. The van der Waals surface area contributed by atoms with Crippen molar-refractivity contribution in [2.24, 2.45) is 0 Å². The molecule has 0 bridgehead atoms. The molecule has 0 fully saturated rings. The molecule has 2 heterocycles. The van der Waals surface area contributed by atoms with E-state index in [0.29, 0.717) is 0 Å². The second-order valence-electron chi connectivity index (χ2n) is 2.94. The van der Waals surface area contributed by atoms with Crippen LogP contribution in [0.1, 0.15) is 13.3 Å². The van der Waals surface area contributed by atoms with E-state index in [1.807, 2.05) is 4.57 Å². The lowest BCUT2D eigenvalue weighted by Crippen LogP contribution is -1.99. The molecule has 5 heteroatoms. The minimum Gasteiger partial charge on any atom is -0.312 e. The Morgan fingerprint density at radius 1 is 1.36 bits per heavy atom. The molecule has 14 heavy (non-hydrogen) atoms. The van der Waals surface area contributed by atoms with Crippen LogP contribution in [0.5, 0.6) is 0 Å². The maximum Gasteiger partial charge on any atom is 0.183 e. The van der Waals surface area contributed by atoms with Gasteiger partial charge in [0.15, 0.2) is 5.82 Å². The summed E-state index contributed by atoms with van der Waals surface area (Å²) in [6.45, 7) is 3.01. The lowest BCUT2D eigenvalue weighted by atomic mass is 10.4. The molecule has 0 amide bonds. The van der Waals surface area contributed by atoms with Crippen LogP contribution < -0.4 is 0 Å². The van der Waals surface area contributed by atoms with Gasteiger partial charge in [-0.15, -0.1) is 10.2 Å². The standard InChI is InChI=1S/C9H11N5/c1-2-5-14-7-12-13-9(14)8-6-10-3-4-11-8/h3-4,6-7H,2,5H2,1H3. The topological polar surface area (TPSA) is 56.5 Å². The zero-order valence-electron chi connectivity index (χ0n) is 7.96. The number of hydrogen-bond donors (Lipinski definition) is 0. The number of nitrogens with zero attached hydrogens (tertiary/aromatic N) is 5. The summed E-state index contributed by atoms with van der Waals surface area (Å²) < 4.78 is 1.98. The molecule has 0 atom stereocenters. The molecule has 2 rings (SSSR count). The van der Waals surface area contributed by atoms with E-state index >= 15 is 0 Å². The van der Waals surface area contributed by atoms with Gasteiger partial charge in [0.2, 0.25) is 0 Å². The maximum absolute atomic E-state index is 4.18. The Kier molecular flexibility index (Phi) is 2.48. The Morgan fingerprint density at radius 3 is 3.00 bits per heavy atom. The van der Waals surface area contributed by atoms with E-state index < -0.39 is 0 Å². The first-order valence-electron chi connectivity index (χ1n) is 4.56. The smallest absolute Gasteiger partial charge is 0.183 e. The molecule has 0 radical (unpaired) electrons. The second-order valence-corrected chi connectivity index (χ2v) is 2.94. The molecule has 0 aliphatic carbocycles. The highest BCUT2D eigenvalue weighted by atomic mass is 15.3. The van der Waals surface area contributed by atoms with Crippen LogP contribution in [0.3, 0.4) is 0 Å². The van der Waals surface area contributed by atoms with Crippen LogP contribution in [0.4, 0.5) is 0 Å². The summed E-state index contributed by atoms with van der Waals surface area (Å²) in [5.41, 5.74) is 0.762. The summed E-state index contributed by atoms with van der Waals surface area (Å²) in [6.07, 6.45) is 7.75. The van der Waals surface area contributed by atoms with E-state index in [2.05, 4.69) is 27.1 Å². The summed E-state index contributed by atoms with van der Waals surface area (Å²) in [5, 5.41) is 7.88. The van der Waals surface area contributed by atoms with Gasteiger partial charge in [-0.2, -0.15) is 0 Å².